The zero-order valence-electron chi connectivity index (χ0n) is 12.5. The number of piperidine rings is 1. The summed E-state index contributed by atoms with van der Waals surface area (Å²) in [6.07, 6.45) is 4.34. The molecular formula is C15H23N3O2S. The van der Waals surface area contributed by atoms with Crippen LogP contribution in [0.15, 0.2) is 5.38 Å². The van der Waals surface area contributed by atoms with Crippen molar-refractivity contribution in [3.63, 3.8) is 0 Å². The van der Waals surface area contributed by atoms with E-state index in [1.165, 1.54) is 12.8 Å². The molecule has 1 N–H and O–H groups in total. The zero-order valence-corrected chi connectivity index (χ0v) is 13.3. The number of aliphatic carboxylic acids is 1. The van der Waals surface area contributed by atoms with Crippen LogP contribution in [0.4, 0.5) is 0 Å². The average molecular weight is 309 g/mol. The summed E-state index contributed by atoms with van der Waals surface area (Å²) in [6, 6.07) is 0.0772. The number of aryl methyl sites for hydroxylation is 1. The van der Waals surface area contributed by atoms with E-state index in [0.717, 1.165) is 43.2 Å². The van der Waals surface area contributed by atoms with Crippen LogP contribution in [-0.4, -0.2) is 57.6 Å². The molecule has 21 heavy (non-hydrogen) atoms. The van der Waals surface area contributed by atoms with E-state index in [-0.39, 0.29) is 6.04 Å². The van der Waals surface area contributed by atoms with Gasteiger partial charge in [-0.2, -0.15) is 0 Å². The summed E-state index contributed by atoms with van der Waals surface area (Å²) >= 11 is 1.63. The van der Waals surface area contributed by atoms with Crippen LogP contribution < -0.4 is 0 Å². The predicted molar refractivity (Wildman–Crippen MR) is 82.5 cm³/mol. The zero-order chi connectivity index (χ0) is 14.8. The molecule has 5 nitrogen and oxygen atoms in total. The second-order valence-electron chi connectivity index (χ2n) is 6.10. The quantitative estimate of drug-likeness (QED) is 0.921. The van der Waals surface area contributed by atoms with Crippen LogP contribution in [0.5, 0.6) is 0 Å². The Morgan fingerprint density at radius 3 is 2.81 bits per heavy atom. The molecule has 0 spiro atoms. The van der Waals surface area contributed by atoms with E-state index >= 15 is 0 Å². The van der Waals surface area contributed by atoms with Gasteiger partial charge in [0.25, 0.3) is 0 Å². The van der Waals surface area contributed by atoms with Crippen LogP contribution in [0.3, 0.4) is 0 Å². The first-order valence-corrected chi connectivity index (χ1v) is 8.63. The number of hydrogen-bond acceptors (Lipinski definition) is 5. The Morgan fingerprint density at radius 2 is 2.19 bits per heavy atom. The SMILES string of the molecule is Cc1nc(CN2CC[C@@H](N3CCCC3)C[C@H]2C(=O)O)cs1. The molecule has 116 valence electrons. The maximum Gasteiger partial charge on any atom is 0.320 e. The van der Waals surface area contributed by atoms with Crippen LogP contribution in [0.2, 0.25) is 0 Å². The molecule has 0 aromatic carbocycles. The van der Waals surface area contributed by atoms with Crippen molar-refractivity contribution in [1.29, 1.82) is 0 Å². The second kappa shape index (κ2) is 6.42. The third kappa shape index (κ3) is 3.44. The van der Waals surface area contributed by atoms with Crippen molar-refractivity contribution < 1.29 is 9.90 Å². The van der Waals surface area contributed by atoms with Crippen LogP contribution >= 0.6 is 11.3 Å². The fourth-order valence-corrected chi connectivity index (χ4v) is 4.17. The maximum atomic E-state index is 11.6. The number of carbonyl (C=O) groups is 1. The van der Waals surface area contributed by atoms with Gasteiger partial charge in [0.05, 0.1) is 10.7 Å². The normalized spacial score (nSPS) is 28.0. The van der Waals surface area contributed by atoms with Crippen molar-refractivity contribution in [2.24, 2.45) is 0 Å². The molecule has 2 atom stereocenters. The second-order valence-corrected chi connectivity index (χ2v) is 7.17. The van der Waals surface area contributed by atoms with Gasteiger partial charge in [-0.15, -0.1) is 11.3 Å². The first-order valence-electron chi connectivity index (χ1n) is 7.75. The van der Waals surface area contributed by atoms with Crippen molar-refractivity contribution in [3.8, 4) is 0 Å². The highest BCUT2D eigenvalue weighted by molar-refractivity contribution is 7.09. The Hall–Kier alpha value is -0.980. The molecule has 0 saturated carbocycles. The number of carboxylic acid groups (broad SMARTS) is 1. The molecule has 1 aromatic rings. The lowest BCUT2D eigenvalue weighted by Crippen LogP contribution is -2.52. The number of likely N-dealkylation sites (tertiary alicyclic amines) is 2. The van der Waals surface area contributed by atoms with E-state index in [0.29, 0.717) is 12.6 Å². The van der Waals surface area contributed by atoms with Crippen molar-refractivity contribution in [2.45, 2.75) is 51.2 Å². The van der Waals surface area contributed by atoms with Gasteiger partial charge in [0.2, 0.25) is 0 Å². The Kier molecular flexibility index (Phi) is 4.57. The Bertz CT molecular complexity index is 499. The summed E-state index contributed by atoms with van der Waals surface area (Å²) in [5.74, 6) is -0.689. The molecule has 0 amide bonds. The summed E-state index contributed by atoms with van der Waals surface area (Å²) < 4.78 is 0. The smallest absolute Gasteiger partial charge is 0.320 e. The Balaban J connectivity index is 1.65. The lowest BCUT2D eigenvalue weighted by Gasteiger charge is -2.40. The summed E-state index contributed by atoms with van der Waals surface area (Å²) in [4.78, 5) is 20.7. The standard InChI is InChI=1S/C15H23N3O2S/c1-11-16-12(10-21-11)9-18-7-4-13(8-14(18)15(19)20)17-5-2-3-6-17/h10,13-14H,2-9H2,1H3,(H,19,20)/t13-,14+/m1/s1. The maximum absolute atomic E-state index is 11.6. The minimum absolute atomic E-state index is 0.369. The average Bonchev–Trinajstić information content (AvgIpc) is 3.11. The predicted octanol–water partition coefficient (Wildman–Crippen LogP) is 1.96. The van der Waals surface area contributed by atoms with Gasteiger partial charge in [-0.05, 0) is 45.7 Å². The molecule has 0 bridgehead atoms. The van der Waals surface area contributed by atoms with Gasteiger partial charge in [0.1, 0.15) is 6.04 Å². The topological polar surface area (TPSA) is 56.7 Å². The molecular weight excluding hydrogens is 286 g/mol. The van der Waals surface area contributed by atoms with Gasteiger partial charge in [0.15, 0.2) is 0 Å². The highest BCUT2D eigenvalue weighted by Gasteiger charge is 2.36. The molecule has 2 saturated heterocycles. The molecule has 6 heteroatoms. The van der Waals surface area contributed by atoms with E-state index in [1.807, 2.05) is 12.3 Å². The first-order chi connectivity index (χ1) is 10.1. The number of hydrogen-bond donors (Lipinski definition) is 1. The van der Waals surface area contributed by atoms with E-state index in [9.17, 15) is 9.90 Å². The van der Waals surface area contributed by atoms with E-state index in [1.54, 1.807) is 11.3 Å². The van der Waals surface area contributed by atoms with Gasteiger partial charge in [-0.25, -0.2) is 4.98 Å². The molecule has 0 unspecified atom stereocenters. The highest BCUT2D eigenvalue weighted by atomic mass is 32.1. The number of aromatic nitrogens is 1. The van der Waals surface area contributed by atoms with Crippen molar-refractivity contribution in [2.75, 3.05) is 19.6 Å². The van der Waals surface area contributed by atoms with Gasteiger partial charge < -0.3 is 10.0 Å². The van der Waals surface area contributed by atoms with E-state index in [4.69, 9.17) is 0 Å². The van der Waals surface area contributed by atoms with Crippen LogP contribution in [-0.2, 0) is 11.3 Å². The summed E-state index contributed by atoms with van der Waals surface area (Å²) in [5, 5.41) is 12.7. The molecule has 1 aromatic heterocycles. The van der Waals surface area contributed by atoms with Crippen LogP contribution in [0, 0.1) is 6.92 Å². The molecule has 3 heterocycles. The Labute approximate surface area is 129 Å². The summed E-state index contributed by atoms with van der Waals surface area (Å²) in [5.41, 5.74) is 1.00. The molecule has 2 aliphatic heterocycles. The molecule has 2 fully saturated rings. The molecule has 0 radical (unpaired) electrons. The van der Waals surface area contributed by atoms with Crippen molar-refractivity contribution in [1.82, 2.24) is 14.8 Å². The summed E-state index contributed by atoms with van der Waals surface area (Å²) in [7, 11) is 0. The van der Waals surface area contributed by atoms with E-state index < -0.39 is 5.97 Å². The third-order valence-corrected chi connectivity index (χ3v) is 5.48. The number of rotatable bonds is 4. The van der Waals surface area contributed by atoms with Gasteiger partial charge >= 0.3 is 5.97 Å². The van der Waals surface area contributed by atoms with Gasteiger partial charge in [-0.3, -0.25) is 9.69 Å². The Morgan fingerprint density at radius 1 is 1.43 bits per heavy atom. The molecule has 3 rings (SSSR count). The summed E-state index contributed by atoms with van der Waals surface area (Å²) in [6.45, 7) is 5.79. The highest BCUT2D eigenvalue weighted by Crippen LogP contribution is 2.26. The molecule has 2 aliphatic rings. The lowest BCUT2D eigenvalue weighted by atomic mass is 9.95. The fraction of sp³-hybridized carbons (Fsp3) is 0.733. The first kappa shape index (κ1) is 14.9. The monoisotopic (exact) mass is 309 g/mol. The minimum atomic E-state index is -0.689. The van der Waals surface area contributed by atoms with Gasteiger partial charge in [-0.1, -0.05) is 0 Å². The third-order valence-electron chi connectivity index (χ3n) is 4.66. The largest absolute Gasteiger partial charge is 0.480 e. The lowest BCUT2D eigenvalue weighted by molar-refractivity contribution is -0.146. The fourth-order valence-electron chi connectivity index (χ4n) is 3.57. The molecule has 0 aliphatic carbocycles. The van der Waals surface area contributed by atoms with Crippen LogP contribution in [0.1, 0.15) is 36.4 Å². The minimum Gasteiger partial charge on any atom is -0.480 e. The van der Waals surface area contributed by atoms with Crippen molar-refractivity contribution >= 4 is 17.3 Å². The van der Waals surface area contributed by atoms with E-state index in [2.05, 4.69) is 14.8 Å². The number of nitrogens with zero attached hydrogens (tertiary/aromatic N) is 3. The number of thiazole rings is 1. The van der Waals surface area contributed by atoms with Crippen LogP contribution in [0.25, 0.3) is 0 Å². The number of carboxylic acids is 1. The van der Waals surface area contributed by atoms with Crippen molar-refractivity contribution in [3.05, 3.63) is 16.1 Å². The van der Waals surface area contributed by atoms with Gasteiger partial charge in [0, 0.05) is 24.5 Å².